The SMILES string of the molecule is O=C(NCCNc1cc(N2CCOCC2)cnn1)c1ccccc1C(F)(F)F. The Morgan fingerprint density at radius 3 is 2.68 bits per heavy atom. The predicted molar refractivity (Wildman–Crippen MR) is 97.3 cm³/mol. The number of benzene rings is 1. The molecule has 0 saturated carbocycles. The molecule has 1 aromatic carbocycles. The summed E-state index contributed by atoms with van der Waals surface area (Å²) in [5.41, 5.74) is -0.447. The van der Waals surface area contributed by atoms with Crippen LogP contribution in [0.3, 0.4) is 0 Å². The second kappa shape index (κ2) is 8.87. The highest BCUT2D eigenvalue weighted by Crippen LogP contribution is 2.31. The van der Waals surface area contributed by atoms with E-state index >= 15 is 0 Å². The molecule has 0 atom stereocenters. The van der Waals surface area contributed by atoms with Gasteiger partial charge in [0.05, 0.1) is 36.2 Å². The number of nitrogens with zero attached hydrogens (tertiary/aromatic N) is 3. The molecule has 28 heavy (non-hydrogen) atoms. The number of aromatic nitrogens is 2. The van der Waals surface area contributed by atoms with E-state index in [0.29, 0.717) is 25.6 Å². The molecule has 0 unspecified atom stereocenters. The fourth-order valence-electron chi connectivity index (χ4n) is 2.83. The third-order valence-electron chi connectivity index (χ3n) is 4.21. The van der Waals surface area contributed by atoms with E-state index in [1.807, 2.05) is 6.07 Å². The molecule has 7 nitrogen and oxygen atoms in total. The van der Waals surface area contributed by atoms with Gasteiger partial charge in [-0.3, -0.25) is 4.79 Å². The lowest BCUT2D eigenvalue weighted by atomic mass is 10.1. The van der Waals surface area contributed by atoms with Crippen LogP contribution in [0, 0.1) is 0 Å². The van der Waals surface area contributed by atoms with E-state index < -0.39 is 23.2 Å². The van der Waals surface area contributed by atoms with Gasteiger partial charge in [0.1, 0.15) is 0 Å². The van der Waals surface area contributed by atoms with Crippen molar-refractivity contribution in [1.29, 1.82) is 0 Å². The van der Waals surface area contributed by atoms with E-state index in [-0.39, 0.29) is 6.54 Å². The Kier molecular flexibility index (Phi) is 6.30. The van der Waals surface area contributed by atoms with Crippen LogP contribution in [0.2, 0.25) is 0 Å². The highest BCUT2D eigenvalue weighted by molar-refractivity contribution is 5.95. The van der Waals surface area contributed by atoms with Crippen molar-refractivity contribution in [2.45, 2.75) is 6.18 Å². The van der Waals surface area contributed by atoms with Gasteiger partial charge in [0.15, 0.2) is 5.82 Å². The zero-order chi connectivity index (χ0) is 20.0. The molecule has 2 aromatic rings. The summed E-state index contributed by atoms with van der Waals surface area (Å²) in [7, 11) is 0. The fraction of sp³-hybridized carbons (Fsp3) is 0.389. The monoisotopic (exact) mass is 395 g/mol. The number of amides is 1. The second-order valence-electron chi connectivity index (χ2n) is 6.12. The van der Waals surface area contributed by atoms with Crippen LogP contribution in [0.1, 0.15) is 15.9 Å². The molecule has 2 N–H and O–H groups in total. The molecule has 0 spiro atoms. The van der Waals surface area contributed by atoms with E-state index in [9.17, 15) is 18.0 Å². The van der Waals surface area contributed by atoms with Crippen molar-refractivity contribution < 1.29 is 22.7 Å². The lowest BCUT2D eigenvalue weighted by Gasteiger charge is -2.28. The van der Waals surface area contributed by atoms with Gasteiger partial charge >= 0.3 is 6.18 Å². The highest BCUT2D eigenvalue weighted by atomic mass is 19.4. The Morgan fingerprint density at radius 2 is 1.93 bits per heavy atom. The molecule has 0 bridgehead atoms. The normalized spacial score (nSPS) is 14.6. The van der Waals surface area contributed by atoms with Gasteiger partial charge in [0, 0.05) is 32.2 Å². The number of anilines is 2. The smallest absolute Gasteiger partial charge is 0.378 e. The largest absolute Gasteiger partial charge is 0.417 e. The number of ether oxygens (including phenoxy) is 1. The molecular weight excluding hydrogens is 375 g/mol. The lowest BCUT2D eigenvalue weighted by molar-refractivity contribution is -0.137. The van der Waals surface area contributed by atoms with E-state index in [2.05, 4.69) is 25.7 Å². The molecule has 1 aliphatic rings. The number of nitrogens with one attached hydrogen (secondary N) is 2. The molecule has 1 aromatic heterocycles. The van der Waals surface area contributed by atoms with Gasteiger partial charge in [-0.2, -0.15) is 18.3 Å². The molecule has 2 heterocycles. The Hall–Kier alpha value is -2.88. The van der Waals surface area contributed by atoms with Crippen molar-refractivity contribution in [3.8, 4) is 0 Å². The Morgan fingerprint density at radius 1 is 1.18 bits per heavy atom. The summed E-state index contributed by atoms with van der Waals surface area (Å²) in [6.45, 7) is 3.25. The molecule has 1 saturated heterocycles. The fourth-order valence-corrected chi connectivity index (χ4v) is 2.83. The summed E-state index contributed by atoms with van der Waals surface area (Å²) in [6, 6.07) is 6.53. The Balaban J connectivity index is 1.52. The first-order valence-electron chi connectivity index (χ1n) is 8.79. The minimum Gasteiger partial charge on any atom is -0.378 e. The first-order valence-corrected chi connectivity index (χ1v) is 8.79. The quantitative estimate of drug-likeness (QED) is 0.730. The molecule has 1 fully saturated rings. The number of carbonyl (C=O) groups excluding carboxylic acids is 1. The third kappa shape index (κ3) is 5.10. The van der Waals surface area contributed by atoms with Gasteiger partial charge in [0.2, 0.25) is 0 Å². The zero-order valence-corrected chi connectivity index (χ0v) is 15.0. The highest BCUT2D eigenvalue weighted by Gasteiger charge is 2.34. The standard InChI is InChI=1S/C18H20F3N5O2/c19-18(20,21)15-4-2-1-3-14(15)17(27)23-6-5-22-16-11-13(12-24-25-16)26-7-9-28-10-8-26/h1-4,11-12H,5-10H2,(H,22,25)(H,23,27). The van der Waals surface area contributed by atoms with E-state index in [1.54, 1.807) is 6.20 Å². The molecule has 1 amide bonds. The van der Waals surface area contributed by atoms with Crippen molar-refractivity contribution in [2.24, 2.45) is 0 Å². The van der Waals surface area contributed by atoms with E-state index in [0.717, 1.165) is 30.9 Å². The summed E-state index contributed by atoms with van der Waals surface area (Å²) in [5, 5.41) is 13.4. The molecule has 0 aliphatic carbocycles. The van der Waals surface area contributed by atoms with Crippen molar-refractivity contribution in [2.75, 3.05) is 49.6 Å². The summed E-state index contributed by atoms with van der Waals surface area (Å²) < 4.78 is 44.3. The van der Waals surface area contributed by atoms with Crippen LogP contribution in [-0.2, 0) is 10.9 Å². The van der Waals surface area contributed by atoms with Crippen LogP contribution in [0.4, 0.5) is 24.7 Å². The van der Waals surface area contributed by atoms with Gasteiger partial charge in [-0.25, -0.2) is 0 Å². The minimum atomic E-state index is -4.58. The molecular formula is C18H20F3N5O2. The topological polar surface area (TPSA) is 79.4 Å². The van der Waals surface area contributed by atoms with Crippen LogP contribution < -0.4 is 15.5 Å². The number of morpholine rings is 1. The maximum absolute atomic E-state index is 13.0. The third-order valence-corrected chi connectivity index (χ3v) is 4.21. The number of halogens is 3. The number of hydrogen-bond acceptors (Lipinski definition) is 6. The Labute approximate surface area is 159 Å². The number of carbonyl (C=O) groups is 1. The summed E-state index contributed by atoms with van der Waals surface area (Å²) in [4.78, 5) is 14.2. The van der Waals surface area contributed by atoms with Gasteiger partial charge in [-0.15, -0.1) is 5.10 Å². The van der Waals surface area contributed by atoms with Gasteiger partial charge in [-0.05, 0) is 12.1 Å². The van der Waals surface area contributed by atoms with Crippen LogP contribution in [-0.4, -0.2) is 55.5 Å². The maximum Gasteiger partial charge on any atom is 0.417 e. The number of alkyl halides is 3. The molecule has 0 radical (unpaired) electrons. The molecule has 1 aliphatic heterocycles. The van der Waals surface area contributed by atoms with Crippen molar-refractivity contribution >= 4 is 17.4 Å². The van der Waals surface area contributed by atoms with Crippen molar-refractivity contribution in [3.63, 3.8) is 0 Å². The average molecular weight is 395 g/mol. The molecule has 3 rings (SSSR count). The zero-order valence-electron chi connectivity index (χ0n) is 15.0. The van der Waals surface area contributed by atoms with Crippen molar-refractivity contribution in [1.82, 2.24) is 15.5 Å². The lowest BCUT2D eigenvalue weighted by Crippen LogP contribution is -2.36. The van der Waals surface area contributed by atoms with E-state index in [1.165, 1.54) is 12.1 Å². The summed E-state index contributed by atoms with van der Waals surface area (Å²) in [5.74, 6) is -0.253. The van der Waals surface area contributed by atoms with Crippen molar-refractivity contribution in [3.05, 3.63) is 47.7 Å². The molecule has 10 heteroatoms. The van der Waals surface area contributed by atoms with Crippen LogP contribution >= 0.6 is 0 Å². The maximum atomic E-state index is 13.0. The summed E-state index contributed by atoms with van der Waals surface area (Å²) in [6.07, 6.45) is -2.92. The van der Waals surface area contributed by atoms with Gasteiger partial charge in [-0.1, -0.05) is 12.1 Å². The van der Waals surface area contributed by atoms with Crippen LogP contribution in [0.15, 0.2) is 36.5 Å². The van der Waals surface area contributed by atoms with Crippen LogP contribution in [0.25, 0.3) is 0 Å². The second-order valence-corrected chi connectivity index (χ2v) is 6.12. The predicted octanol–water partition coefficient (Wildman–Crippen LogP) is 2.17. The summed E-state index contributed by atoms with van der Waals surface area (Å²) >= 11 is 0. The first-order chi connectivity index (χ1) is 13.4. The molecule has 150 valence electrons. The average Bonchev–Trinajstić information content (AvgIpc) is 2.71. The van der Waals surface area contributed by atoms with Gasteiger partial charge in [0.25, 0.3) is 5.91 Å². The number of hydrogen-bond donors (Lipinski definition) is 2. The Bertz CT molecular complexity index is 810. The van der Waals surface area contributed by atoms with Crippen LogP contribution in [0.5, 0.6) is 0 Å². The van der Waals surface area contributed by atoms with E-state index in [4.69, 9.17) is 4.74 Å². The number of rotatable bonds is 6. The first kappa shape index (κ1) is 19.9. The minimum absolute atomic E-state index is 0.133. The van der Waals surface area contributed by atoms with Gasteiger partial charge < -0.3 is 20.3 Å².